The van der Waals surface area contributed by atoms with E-state index in [1.165, 1.54) is 0 Å². The Hall–Kier alpha value is -1.29. The minimum absolute atomic E-state index is 0.849. The summed E-state index contributed by atoms with van der Waals surface area (Å²) in [4.78, 5) is 0. The maximum absolute atomic E-state index is 5.32. The van der Waals surface area contributed by atoms with Crippen molar-refractivity contribution in [2.24, 2.45) is 7.05 Å². The van der Waals surface area contributed by atoms with E-state index in [1.807, 2.05) is 36.0 Å². The zero-order chi connectivity index (χ0) is 10.8. The van der Waals surface area contributed by atoms with E-state index in [4.69, 9.17) is 4.74 Å². The number of rotatable bonds is 2. The van der Waals surface area contributed by atoms with Crippen molar-refractivity contribution >= 4 is 15.9 Å². The maximum Gasteiger partial charge on any atom is 0.128 e. The van der Waals surface area contributed by atoms with Crippen LogP contribution in [0.5, 0.6) is 5.75 Å². The van der Waals surface area contributed by atoms with E-state index in [-0.39, 0.29) is 0 Å². The van der Waals surface area contributed by atoms with Gasteiger partial charge in [-0.15, -0.1) is 0 Å². The van der Waals surface area contributed by atoms with Crippen molar-refractivity contribution in [1.29, 1.82) is 0 Å². The molecule has 0 fully saturated rings. The van der Waals surface area contributed by atoms with Gasteiger partial charge in [0.05, 0.1) is 12.8 Å². The quantitative estimate of drug-likeness (QED) is 0.836. The van der Waals surface area contributed by atoms with Gasteiger partial charge in [0.15, 0.2) is 0 Å². The van der Waals surface area contributed by atoms with Crippen LogP contribution >= 0.6 is 15.9 Å². The lowest BCUT2D eigenvalue weighted by Gasteiger charge is -2.08. The van der Waals surface area contributed by atoms with E-state index in [1.54, 1.807) is 13.3 Å². The van der Waals surface area contributed by atoms with Crippen molar-refractivity contribution in [3.05, 3.63) is 34.9 Å². The van der Waals surface area contributed by atoms with Crippen molar-refractivity contribution in [2.45, 2.75) is 0 Å². The summed E-state index contributed by atoms with van der Waals surface area (Å²) < 4.78 is 8.17. The van der Waals surface area contributed by atoms with Crippen LogP contribution in [0, 0.1) is 0 Å². The normalized spacial score (nSPS) is 10.3. The Bertz CT molecular complexity index is 479. The van der Waals surface area contributed by atoms with E-state index in [9.17, 15) is 0 Å². The Morgan fingerprint density at radius 3 is 2.73 bits per heavy atom. The van der Waals surface area contributed by atoms with Gasteiger partial charge in [-0.25, -0.2) is 0 Å². The molecule has 2 aromatic rings. The maximum atomic E-state index is 5.32. The molecule has 0 radical (unpaired) electrons. The summed E-state index contributed by atoms with van der Waals surface area (Å²) in [5, 5.41) is 4.14. The number of nitrogens with zero attached hydrogens (tertiary/aromatic N) is 2. The molecule has 3 nitrogen and oxygen atoms in total. The third kappa shape index (κ3) is 1.90. The zero-order valence-electron chi connectivity index (χ0n) is 8.57. The van der Waals surface area contributed by atoms with Crippen LogP contribution in [0.25, 0.3) is 11.3 Å². The largest absolute Gasteiger partial charge is 0.496 e. The van der Waals surface area contributed by atoms with Crippen LogP contribution in [0.2, 0.25) is 0 Å². The second-order valence-corrected chi connectivity index (χ2v) is 4.10. The van der Waals surface area contributed by atoms with Gasteiger partial charge < -0.3 is 4.74 Å². The molecule has 0 saturated carbocycles. The summed E-state index contributed by atoms with van der Waals surface area (Å²) in [6, 6.07) is 7.88. The molecule has 0 aliphatic rings. The molecule has 0 saturated heterocycles. The number of halogens is 1. The first-order valence-electron chi connectivity index (χ1n) is 4.54. The molecule has 0 aliphatic carbocycles. The summed E-state index contributed by atoms with van der Waals surface area (Å²) in [5.41, 5.74) is 2.07. The second kappa shape index (κ2) is 4.06. The lowest BCUT2D eigenvalue weighted by atomic mass is 10.1. The molecule has 0 N–H and O–H groups in total. The number of aromatic nitrogens is 2. The average molecular weight is 267 g/mol. The van der Waals surface area contributed by atoms with E-state index in [2.05, 4.69) is 21.0 Å². The van der Waals surface area contributed by atoms with Gasteiger partial charge in [-0.3, -0.25) is 4.68 Å². The monoisotopic (exact) mass is 266 g/mol. The highest BCUT2D eigenvalue weighted by atomic mass is 79.9. The summed E-state index contributed by atoms with van der Waals surface area (Å²) in [7, 11) is 3.58. The average Bonchev–Trinajstić information content (AvgIpc) is 2.64. The first kappa shape index (κ1) is 10.2. The fraction of sp³-hybridized carbons (Fsp3) is 0.182. The minimum Gasteiger partial charge on any atom is -0.496 e. The molecule has 1 aromatic heterocycles. The summed E-state index contributed by atoms with van der Waals surface area (Å²) in [6.07, 6.45) is 1.77. The molecular formula is C11H11BrN2O. The van der Waals surface area contributed by atoms with Gasteiger partial charge in [0.25, 0.3) is 0 Å². The number of benzene rings is 1. The molecule has 0 amide bonds. The van der Waals surface area contributed by atoms with E-state index >= 15 is 0 Å². The Morgan fingerprint density at radius 2 is 2.13 bits per heavy atom. The minimum atomic E-state index is 0.849. The topological polar surface area (TPSA) is 27.1 Å². The SMILES string of the molecule is COc1ccc(Br)cc1-c1ccnn1C. The summed E-state index contributed by atoms with van der Waals surface area (Å²) in [6.45, 7) is 0. The van der Waals surface area contributed by atoms with E-state index in [0.29, 0.717) is 0 Å². The van der Waals surface area contributed by atoms with Gasteiger partial charge in [-0.05, 0) is 24.3 Å². The molecule has 0 unspecified atom stereocenters. The highest BCUT2D eigenvalue weighted by Crippen LogP contribution is 2.31. The molecular weight excluding hydrogens is 256 g/mol. The Labute approximate surface area is 96.8 Å². The molecule has 1 aromatic carbocycles. The van der Waals surface area contributed by atoms with Crippen molar-refractivity contribution in [2.75, 3.05) is 7.11 Å². The van der Waals surface area contributed by atoms with Gasteiger partial charge in [0.2, 0.25) is 0 Å². The van der Waals surface area contributed by atoms with Crippen molar-refractivity contribution in [3.63, 3.8) is 0 Å². The lowest BCUT2D eigenvalue weighted by molar-refractivity contribution is 0.416. The third-order valence-corrected chi connectivity index (χ3v) is 2.75. The predicted molar refractivity (Wildman–Crippen MR) is 62.9 cm³/mol. The Kier molecular flexibility index (Phi) is 2.77. The number of hydrogen-bond donors (Lipinski definition) is 0. The highest BCUT2D eigenvalue weighted by molar-refractivity contribution is 9.10. The van der Waals surface area contributed by atoms with Gasteiger partial charge >= 0.3 is 0 Å². The standard InChI is InChI=1S/C11H11BrN2O/c1-14-10(5-6-13-14)9-7-8(12)3-4-11(9)15-2/h3-7H,1-2H3. The zero-order valence-corrected chi connectivity index (χ0v) is 10.2. The smallest absolute Gasteiger partial charge is 0.128 e. The molecule has 4 heteroatoms. The van der Waals surface area contributed by atoms with Crippen LogP contribution in [0.1, 0.15) is 0 Å². The van der Waals surface area contributed by atoms with E-state index < -0.39 is 0 Å². The fourth-order valence-electron chi connectivity index (χ4n) is 1.52. The van der Waals surface area contributed by atoms with Crippen molar-refractivity contribution in [1.82, 2.24) is 9.78 Å². The first-order valence-corrected chi connectivity index (χ1v) is 5.33. The van der Waals surface area contributed by atoms with E-state index in [0.717, 1.165) is 21.5 Å². The lowest BCUT2D eigenvalue weighted by Crippen LogP contribution is -1.95. The Morgan fingerprint density at radius 1 is 1.33 bits per heavy atom. The number of hydrogen-bond acceptors (Lipinski definition) is 2. The van der Waals surface area contributed by atoms with Crippen molar-refractivity contribution < 1.29 is 4.74 Å². The van der Waals surface area contributed by atoms with Gasteiger partial charge in [-0.2, -0.15) is 5.10 Å². The summed E-state index contributed by atoms with van der Waals surface area (Å²) >= 11 is 3.45. The van der Waals surface area contributed by atoms with Crippen LogP contribution in [0.3, 0.4) is 0 Å². The molecule has 2 rings (SSSR count). The van der Waals surface area contributed by atoms with Crippen LogP contribution in [-0.2, 0) is 7.05 Å². The number of methoxy groups -OCH3 is 1. The molecule has 0 bridgehead atoms. The number of ether oxygens (including phenoxy) is 1. The summed E-state index contributed by atoms with van der Waals surface area (Å²) in [5.74, 6) is 0.849. The second-order valence-electron chi connectivity index (χ2n) is 3.18. The molecule has 0 atom stereocenters. The van der Waals surface area contributed by atoms with Crippen LogP contribution < -0.4 is 4.74 Å². The molecule has 0 aliphatic heterocycles. The first-order chi connectivity index (χ1) is 7.22. The molecule has 1 heterocycles. The Balaban J connectivity index is 2.60. The molecule has 0 spiro atoms. The predicted octanol–water partition coefficient (Wildman–Crippen LogP) is 2.86. The van der Waals surface area contributed by atoms with Gasteiger partial charge in [0, 0.05) is 23.3 Å². The molecule has 15 heavy (non-hydrogen) atoms. The van der Waals surface area contributed by atoms with Crippen molar-refractivity contribution in [3.8, 4) is 17.0 Å². The molecule has 78 valence electrons. The van der Waals surface area contributed by atoms with Crippen LogP contribution in [-0.4, -0.2) is 16.9 Å². The van der Waals surface area contributed by atoms with Gasteiger partial charge in [-0.1, -0.05) is 15.9 Å². The van der Waals surface area contributed by atoms with Crippen LogP contribution in [0.15, 0.2) is 34.9 Å². The third-order valence-electron chi connectivity index (χ3n) is 2.26. The number of aryl methyl sites for hydroxylation is 1. The van der Waals surface area contributed by atoms with Crippen LogP contribution in [0.4, 0.5) is 0 Å². The van der Waals surface area contributed by atoms with Gasteiger partial charge in [0.1, 0.15) is 5.75 Å². The highest BCUT2D eigenvalue weighted by Gasteiger charge is 2.09. The fourth-order valence-corrected chi connectivity index (χ4v) is 1.88.